The van der Waals surface area contributed by atoms with E-state index in [0.717, 1.165) is 23.6 Å². The van der Waals surface area contributed by atoms with E-state index >= 15 is 0 Å². The van der Waals surface area contributed by atoms with Gasteiger partial charge in [-0.2, -0.15) is 18.4 Å². The number of thiocarbonyl (C=S) groups is 1. The number of ether oxygens (including phenoxy) is 1. The normalized spacial score (nSPS) is 16.9. The maximum absolute atomic E-state index is 13.9. The van der Waals surface area contributed by atoms with E-state index in [1.165, 1.54) is 6.07 Å². The van der Waals surface area contributed by atoms with Gasteiger partial charge >= 0.3 is 6.18 Å². The molecule has 176 valence electrons. The molecule has 2 aliphatic rings. The van der Waals surface area contributed by atoms with Gasteiger partial charge in [0, 0.05) is 24.3 Å². The third-order valence-corrected chi connectivity index (χ3v) is 6.50. The van der Waals surface area contributed by atoms with Crippen LogP contribution in [0.4, 0.5) is 24.5 Å². The molecule has 7 nitrogen and oxygen atoms in total. The number of pyridine rings is 2. The second kappa shape index (κ2) is 8.32. The third kappa shape index (κ3) is 3.66. The van der Waals surface area contributed by atoms with Crippen LogP contribution in [0.25, 0.3) is 0 Å². The van der Waals surface area contributed by atoms with E-state index in [-0.39, 0.29) is 5.11 Å². The number of hydrogen-bond donors (Lipinski definition) is 0. The molecule has 5 rings (SSSR count). The number of nitrogens with zero attached hydrogens (tertiary/aromatic N) is 5. The summed E-state index contributed by atoms with van der Waals surface area (Å²) < 4.78 is 47.6. The van der Waals surface area contributed by atoms with E-state index in [0.29, 0.717) is 30.0 Å². The predicted octanol–water partition coefficient (Wildman–Crippen LogP) is 5.22. The number of rotatable bonds is 4. The van der Waals surface area contributed by atoms with Crippen molar-refractivity contribution in [3.05, 3.63) is 72.3 Å². The first-order valence-corrected chi connectivity index (χ1v) is 11.0. The molecule has 1 saturated carbocycles. The highest BCUT2D eigenvalue weighted by Crippen LogP contribution is 2.50. The lowest BCUT2D eigenvalue weighted by Gasteiger charge is -2.43. The minimum atomic E-state index is -4.91. The fraction of sp³-hybridized carbons (Fsp3) is 0.208. The standard InChI is InChI=1S/C24H16F3N5O2S/c25-24(26,27)20-18(14-28)30-13-8-19(20)31-21(33)23(9-1-10-23)32(22(31)35)15-2-4-16(5-3-15)34-17-6-11-29-12-7-17/h2-8,11-13H,1,9-10H2. The Labute approximate surface area is 203 Å². The first-order chi connectivity index (χ1) is 16.8. The average Bonchev–Trinajstić information content (AvgIpc) is 3.05. The largest absolute Gasteiger partial charge is 0.457 e. The minimum Gasteiger partial charge on any atom is -0.457 e. The molecule has 2 aromatic heterocycles. The number of nitriles is 1. The van der Waals surface area contributed by atoms with Crippen LogP contribution in [-0.4, -0.2) is 26.5 Å². The van der Waals surface area contributed by atoms with Gasteiger partial charge in [-0.15, -0.1) is 0 Å². The van der Waals surface area contributed by atoms with E-state index in [4.69, 9.17) is 17.0 Å². The molecule has 0 radical (unpaired) electrons. The molecule has 11 heteroatoms. The zero-order chi connectivity index (χ0) is 24.8. The number of anilines is 2. The molecule has 0 N–H and O–H groups in total. The molecule has 1 aliphatic carbocycles. The Balaban J connectivity index is 1.54. The van der Waals surface area contributed by atoms with Crippen molar-refractivity contribution in [1.82, 2.24) is 9.97 Å². The van der Waals surface area contributed by atoms with Crippen LogP contribution in [0.15, 0.2) is 61.1 Å². The lowest BCUT2D eigenvalue weighted by molar-refractivity contribution is -0.137. The maximum atomic E-state index is 13.9. The van der Waals surface area contributed by atoms with Gasteiger partial charge in [0.25, 0.3) is 5.91 Å². The zero-order valence-electron chi connectivity index (χ0n) is 18.0. The Morgan fingerprint density at radius 3 is 2.26 bits per heavy atom. The van der Waals surface area contributed by atoms with Crippen molar-refractivity contribution in [2.45, 2.75) is 31.0 Å². The molecule has 1 spiro atoms. The molecule has 1 aromatic carbocycles. The van der Waals surface area contributed by atoms with Crippen LogP contribution in [0.1, 0.15) is 30.5 Å². The molecule has 0 unspecified atom stereocenters. The fourth-order valence-electron chi connectivity index (χ4n) is 4.40. The minimum absolute atomic E-state index is 0.0851. The number of carbonyl (C=O) groups excluding carboxylic acids is 1. The van der Waals surface area contributed by atoms with E-state index < -0.39 is 34.6 Å². The number of halogens is 3. The van der Waals surface area contributed by atoms with Gasteiger partial charge in [-0.05, 0) is 73.9 Å². The quantitative estimate of drug-likeness (QED) is 0.459. The first kappa shape index (κ1) is 22.7. The summed E-state index contributed by atoms with van der Waals surface area (Å²) in [5.41, 5.74) is -3.12. The van der Waals surface area contributed by atoms with Crippen LogP contribution in [0.2, 0.25) is 0 Å². The molecule has 3 heterocycles. The van der Waals surface area contributed by atoms with Crippen molar-refractivity contribution in [3.63, 3.8) is 0 Å². The Kier molecular flexibility index (Phi) is 5.40. The zero-order valence-corrected chi connectivity index (χ0v) is 18.8. The van der Waals surface area contributed by atoms with Crippen molar-refractivity contribution < 1.29 is 22.7 Å². The lowest BCUT2D eigenvalue weighted by Crippen LogP contribution is -2.55. The van der Waals surface area contributed by atoms with Crippen molar-refractivity contribution in [2.24, 2.45) is 0 Å². The van der Waals surface area contributed by atoms with Gasteiger partial charge in [0.2, 0.25) is 0 Å². The molecule has 2 fully saturated rings. The van der Waals surface area contributed by atoms with Gasteiger partial charge in [0.1, 0.15) is 28.7 Å². The summed E-state index contributed by atoms with van der Waals surface area (Å²) in [4.78, 5) is 23.6. The van der Waals surface area contributed by atoms with E-state index in [1.54, 1.807) is 53.7 Å². The number of carbonyl (C=O) groups is 1. The highest BCUT2D eigenvalue weighted by atomic mass is 32.1. The van der Waals surface area contributed by atoms with Gasteiger partial charge in [-0.3, -0.25) is 14.7 Å². The SMILES string of the molecule is N#Cc1nccc(N2C(=O)C3(CCC3)N(c3ccc(Oc4ccncc4)cc3)C2=S)c1C(F)(F)F. The second-order valence-electron chi connectivity index (χ2n) is 8.09. The van der Waals surface area contributed by atoms with Crippen LogP contribution >= 0.6 is 12.2 Å². The van der Waals surface area contributed by atoms with Gasteiger partial charge in [0.05, 0.1) is 5.69 Å². The fourth-order valence-corrected chi connectivity index (χ4v) is 4.86. The predicted molar refractivity (Wildman–Crippen MR) is 124 cm³/mol. The van der Waals surface area contributed by atoms with Crippen molar-refractivity contribution in [2.75, 3.05) is 9.80 Å². The van der Waals surface area contributed by atoms with E-state index in [2.05, 4.69) is 9.97 Å². The summed E-state index contributed by atoms with van der Waals surface area (Å²) >= 11 is 5.57. The first-order valence-electron chi connectivity index (χ1n) is 10.6. The van der Waals surface area contributed by atoms with Gasteiger partial charge in [0.15, 0.2) is 10.8 Å². The molecule has 35 heavy (non-hydrogen) atoms. The molecular weight excluding hydrogens is 479 g/mol. The molecule has 1 amide bonds. The van der Waals surface area contributed by atoms with Crippen LogP contribution < -0.4 is 14.5 Å². The Morgan fingerprint density at radius 1 is 1.03 bits per heavy atom. The van der Waals surface area contributed by atoms with E-state index in [1.807, 2.05) is 0 Å². The number of hydrogen-bond acceptors (Lipinski definition) is 6. The Bertz CT molecular complexity index is 1350. The van der Waals surface area contributed by atoms with Gasteiger partial charge in [-0.25, -0.2) is 4.98 Å². The summed E-state index contributed by atoms with van der Waals surface area (Å²) in [6, 6.07) is 12.7. The maximum Gasteiger partial charge on any atom is 0.421 e. The summed E-state index contributed by atoms with van der Waals surface area (Å²) in [6.45, 7) is 0. The Morgan fingerprint density at radius 2 is 1.69 bits per heavy atom. The highest BCUT2D eigenvalue weighted by Gasteiger charge is 2.60. The smallest absolute Gasteiger partial charge is 0.421 e. The molecule has 3 aromatic rings. The molecule has 0 atom stereocenters. The van der Waals surface area contributed by atoms with Crippen molar-refractivity contribution in [1.29, 1.82) is 5.26 Å². The number of amides is 1. The van der Waals surface area contributed by atoms with Gasteiger partial charge < -0.3 is 9.64 Å². The summed E-state index contributed by atoms with van der Waals surface area (Å²) in [5.74, 6) is 0.571. The average molecular weight is 495 g/mol. The van der Waals surface area contributed by atoms with Crippen LogP contribution in [0.5, 0.6) is 11.5 Å². The highest BCUT2D eigenvalue weighted by molar-refractivity contribution is 7.81. The number of aromatic nitrogens is 2. The summed E-state index contributed by atoms with van der Waals surface area (Å²) in [5, 5.41) is 9.14. The van der Waals surface area contributed by atoms with Gasteiger partial charge in [-0.1, -0.05) is 0 Å². The molecule has 1 aliphatic heterocycles. The van der Waals surface area contributed by atoms with Crippen molar-refractivity contribution in [3.8, 4) is 17.6 Å². The van der Waals surface area contributed by atoms with Crippen molar-refractivity contribution >= 4 is 34.6 Å². The number of alkyl halides is 3. The van der Waals surface area contributed by atoms with Crippen LogP contribution in [0.3, 0.4) is 0 Å². The second-order valence-corrected chi connectivity index (χ2v) is 8.45. The third-order valence-electron chi connectivity index (χ3n) is 6.13. The molecule has 0 bridgehead atoms. The number of benzene rings is 1. The lowest BCUT2D eigenvalue weighted by atomic mass is 9.75. The summed E-state index contributed by atoms with van der Waals surface area (Å²) in [6.07, 6.45) is 0.966. The Hall–Kier alpha value is -4.04. The van der Waals surface area contributed by atoms with Crippen LogP contribution in [-0.2, 0) is 11.0 Å². The topological polar surface area (TPSA) is 82.4 Å². The monoisotopic (exact) mass is 495 g/mol. The van der Waals surface area contributed by atoms with Crippen LogP contribution in [0, 0.1) is 11.3 Å². The molecular formula is C24H16F3N5O2S. The molecule has 1 saturated heterocycles. The summed E-state index contributed by atoms with van der Waals surface area (Å²) in [7, 11) is 0. The van der Waals surface area contributed by atoms with E-state index in [9.17, 15) is 23.2 Å².